The summed E-state index contributed by atoms with van der Waals surface area (Å²) in [6.07, 6.45) is -1.26. The summed E-state index contributed by atoms with van der Waals surface area (Å²) < 4.78 is 0. The van der Waals surface area contributed by atoms with Crippen molar-refractivity contribution in [3.63, 3.8) is 0 Å². The number of hydrogen-bond donors (Lipinski definition) is 2. The van der Waals surface area contributed by atoms with E-state index >= 15 is 0 Å². The van der Waals surface area contributed by atoms with Crippen LogP contribution in [0, 0.1) is 11.8 Å². The highest BCUT2D eigenvalue weighted by atomic mass is 16.5. The molecule has 1 aliphatic rings. The van der Waals surface area contributed by atoms with Gasteiger partial charge in [-0.1, -0.05) is 6.92 Å². The molecule has 4 heteroatoms. The van der Waals surface area contributed by atoms with E-state index < -0.39 is 6.29 Å². The molecule has 0 spiro atoms. The van der Waals surface area contributed by atoms with Gasteiger partial charge in [0.15, 0.2) is 6.29 Å². The van der Waals surface area contributed by atoms with E-state index in [0.717, 1.165) is 0 Å². The van der Waals surface area contributed by atoms with E-state index in [1.165, 1.54) is 6.92 Å². The second-order valence-corrected chi connectivity index (χ2v) is 3.46. The standard InChI is InChI=1S/C8H15NO3/c1-5(8(11)12)7-3-9(4-7)6(2)10/h5,7-8,11-12H,3-4H2,1-2H3. The van der Waals surface area contributed by atoms with Crippen molar-refractivity contribution >= 4 is 5.91 Å². The highest BCUT2D eigenvalue weighted by Gasteiger charge is 2.34. The van der Waals surface area contributed by atoms with Crippen LogP contribution in [0.1, 0.15) is 13.8 Å². The molecule has 1 atom stereocenters. The van der Waals surface area contributed by atoms with E-state index in [9.17, 15) is 4.79 Å². The van der Waals surface area contributed by atoms with Crippen LogP contribution < -0.4 is 0 Å². The zero-order valence-corrected chi connectivity index (χ0v) is 7.40. The predicted octanol–water partition coefficient (Wildman–Crippen LogP) is -0.589. The Morgan fingerprint density at radius 3 is 2.33 bits per heavy atom. The molecule has 1 fully saturated rings. The SMILES string of the molecule is CC(=O)N1CC(C(C)C(O)O)C1. The summed E-state index contributed by atoms with van der Waals surface area (Å²) in [4.78, 5) is 12.5. The first-order valence-corrected chi connectivity index (χ1v) is 4.14. The first-order chi connectivity index (χ1) is 5.52. The number of likely N-dealkylation sites (tertiary alicyclic amines) is 1. The van der Waals surface area contributed by atoms with Crippen LogP contribution in [0.25, 0.3) is 0 Å². The molecule has 0 aromatic heterocycles. The van der Waals surface area contributed by atoms with E-state index in [1.807, 2.05) is 0 Å². The average Bonchev–Trinajstić information content (AvgIpc) is 1.82. The second kappa shape index (κ2) is 3.41. The van der Waals surface area contributed by atoms with Crippen LogP contribution in [0.2, 0.25) is 0 Å². The monoisotopic (exact) mass is 173 g/mol. The average molecular weight is 173 g/mol. The minimum Gasteiger partial charge on any atom is -0.368 e. The molecule has 2 N–H and O–H groups in total. The largest absolute Gasteiger partial charge is 0.368 e. The van der Waals surface area contributed by atoms with Crippen molar-refractivity contribution in [2.24, 2.45) is 11.8 Å². The maximum Gasteiger partial charge on any atom is 0.219 e. The zero-order chi connectivity index (χ0) is 9.30. The molecule has 1 rings (SSSR count). The molecule has 0 bridgehead atoms. The minimum absolute atomic E-state index is 0.0610. The fourth-order valence-corrected chi connectivity index (χ4v) is 1.35. The van der Waals surface area contributed by atoms with Gasteiger partial charge in [0.05, 0.1) is 0 Å². The van der Waals surface area contributed by atoms with Gasteiger partial charge in [-0.15, -0.1) is 0 Å². The van der Waals surface area contributed by atoms with Gasteiger partial charge >= 0.3 is 0 Å². The van der Waals surface area contributed by atoms with Gasteiger partial charge in [-0.05, 0) is 0 Å². The summed E-state index contributed by atoms with van der Waals surface area (Å²) in [6.45, 7) is 4.63. The third kappa shape index (κ3) is 1.76. The molecule has 0 saturated carbocycles. The summed E-state index contributed by atoms with van der Waals surface area (Å²) >= 11 is 0. The van der Waals surface area contributed by atoms with Gasteiger partial charge in [0.2, 0.25) is 5.91 Å². The molecule has 1 aliphatic heterocycles. The van der Waals surface area contributed by atoms with Crippen molar-refractivity contribution < 1.29 is 15.0 Å². The fraction of sp³-hybridized carbons (Fsp3) is 0.875. The van der Waals surface area contributed by atoms with Crippen LogP contribution >= 0.6 is 0 Å². The van der Waals surface area contributed by atoms with Gasteiger partial charge in [-0.25, -0.2) is 0 Å². The normalized spacial score (nSPS) is 20.9. The Morgan fingerprint density at radius 2 is 2.00 bits per heavy atom. The highest BCUT2D eigenvalue weighted by Crippen LogP contribution is 2.25. The number of aliphatic hydroxyl groups is 2. The number of carbonyl (C=O) groups is 1. The fourth-order valence-electron chi connectivity index (χ4n) is 1.35. The van der Waals surface area contributed by atoms with E-state index in [0.29, 0.717) is 13.1 Å². The summed E-state index contributed by atoms with van der Waals surface area (Å²) in [7, 11) is 0. The van der Waals surface area contributed by atoms with Gasteiger partial charge < -0.3 is 15.1 Å². The lowest BCUT2D eigenvalue weighted by atomic mass is 9.86. The Kier molecular flexibility index (Phi) is 2.69. The Labute approximate surface area is 71.8 Å². The van der Waals surface area contributed by atoms with E-state index in [4.69, 9.17) is 10.2 Å². The van der Waals surface area contributed by atoms with Gasteiger partial charge in [0.25, 0.3) is 0 Å². The Morgan fingerprint density at radius 1 is 1.50 bits per heavy atom. The highest BCUT2D eigenvalue weighted by molar-refractivity contribution is 5.74. The lowest BCUT2D eigenvalue weighted by Crippen LogP contribution is -2.53. The molecule has 1 saturated heterocycles. The number of rotatable bonds is 2. The van der Waals surface area contributed by atoms with Crippen molar-refractivity contribution in [3.05, 3.63) is 0 Å². The smallest absolute Gasteiger partial charge is 0.219 e. The summed E-state index contributed by atoms with van der Waals surface area (Å²) in [5.41, 5.74) is 0. The minimum atomic E-state index is -1.26. The van der Waals surface area contributed by atoms with Crippen molar-refractivity contribution in [1.82, 2.24) is 4.90 Å². The molecule has 12 heavy (non-hydrogen) atoms. The molecular formula is C8H15NO3. The van der Waals surface area contributed by atoms with Gasteiger partial charge in [-0.2, -0.15) is 0 Å². The lowest BCUT2D eigenvalue weighted by Gasteiger charge is -2.42. The number of carbonyl (C=O) groups excluding carboxylic acids is 1. The van der Waals surface area contributed by atoms with Crippen molar-refractivity contribution in [1.29, 1.82) is 0 Å². The third-order valence-electron chi connectivity index (χ3n) is 2.57. The number of nitrogens with zero attached hydrogens (tertiary/aromatic N) is 1. The maximum absolute atomic E-state index is 10.8. The molecule has 4 nitrogen and oxygen atoms in total. The molecule has 0 aromatic rings. The number of hydrogen-bond acceptors (Lipinski definition) is 3. The van der Waals surface area contributed by atoms with Crippen LogP contribution in [0.5, 0.6) is 0 Å². The van der Waals surface area contributed by atoms with E-state index in [1.54, 1.807) is 11.8 Å². The molecule has 0 radical (unpaired) electrons. The Hall–Kier alpha value is -0.610. The molecule has 0 aliphatic carbocycles. The number of aliphatic hydroxyl groups excluding tert-OH is 1. The van der Waals surface area contributed by atoms with Crippen molar-refractivity contribution in [2.75, 3.05) is 13.1 Å². The summed E-state index contributed by atoms with van der Waals surface area (Å²) in [5.74, 6) is 0.167. The second-order valence-electron chi connectivity index (χ2n) is 3.46. The molecule has 1 unspecified atom stereocenters. The third-order valence-corrected chi connectivity index (χ3v) is 2.57. The molecule has 0 aromatic carbocycles. The van der Waals surface area contributed by atoms with Crippen LogP contribution in [-0.4, -0.2) is 40.4 Å². The predicted molar refractivity (Wildman–Crippen MR) is 43.1 cm³/mol. The molecule has 70 valence electrons. The van der Waals surface area contributed by atoms with Crippen molar-refractivity contribution in [2.45, 2.75) is 20.1 Å². The molecule has 1 amide bonds. The lowest BCUT2D eigenvalue weighted by molar-refractivity contribution is -0.146. The quantitative estimate of drug-likeness (QED) is 0.549. The summed E-state index contributed by atoms with van der Waals surface area (Å²) in [5, 5.41) is 17.7. The first-order valence-electron chi connectivity index (χ1n) is 4.14. The van der Waals surface area contributed by atoms with E-state index in [2.05, 4.69) is 0 Å². The first kappa shape index (κ1) is 9.48. The van der Waals surface area contributed by atoms with Gasteiger partial charge in [0.1, 0.15) is 0 Å². The zero-order valence-electron chi connectivity index (χ0n) is 7.40. The number of amides is 1. The van der Waals surface area contributed by atoms with Crippen molar-refractivity contribution in [3.8, 4) is 0 Å². The van der Waals surface area contributed by atoms with Gasteiger partial charge in [0, 0.05) is 31.8 Å². The van der Waals surface area contributed by atoms with E-state index in [-0.39, 0.29) is 17.7 Å². The van der Waals surface area contributed by atoms with Crippen LogP contribution in [0.4, 0.5) is 0 Å². The van der Waals surface area contributed by atoms with Gasteiger partial charge in [-0.3, -0.25) is 4.79 Å². The summed E-state index contributed by atoms with van der Waals surface area (Å²) in [6, 6.07) is 0. The van der Waals surface area contributed by atoms with Crippen LogP contribution in [0.15, 0.2) is 0 Å². The Bertz CT molecular complexity index is 175. The maximum atomic E-state index is 10.8. The van der Waals surface area contributed by atoms with Crippen LogP contribution in [0.3, 0.4) is 0 Å². The molecular weight excluding hydrogens is 158 g/mol. The molecule has 1 heterocycles. The Balaban J connectivity index is 2.29. The topological polar surface area (TPSA) is 60.8 Å². The van der Waals surface area contributed by atoms with Crippen LogP contribution in [-0.2, 0) is 4.79 Å².